The number of nitrogens with zero attached hydrogens (tertiary/aromatic N) is 1. The minimum absolute atomic E-state index is 0.0338. The molecule has 1 atom stereocenters. The minimum Gasteiger partial charge on any atom is -0.469 e. The Morgan fingerprint density at radius 3 is 2.62 bits per heavy atom. The zero-order chi connectivity index (χ0) is 16.8. The quantitative estimate of drug-likeness (QED) is 0.624. The predicted octanol–water partition coefficient (Wildman–Crippen LogP) is 1.88. The molecule has 7 heteroatoms. The maximum Gasteiger partial charge on any atom is 0.191 e. The van der Waals surface area contributed by atoms with Gasteiger partial charge in [-0.15, -0.1) is 0 Å². The third-order valence-electron chi connectivity index (χ3n) is 4.73. The fourth-order valence-corrected chi connectivity index (χ4v) is 5.08. The second kappa shape index (κ2) is 8.05. The van der Waals surface area contributed by atoms with Gasteiger partial charge in [-0.05, 0) is 31.4 Å². The first-order chi connectivity index (χ1) is 11.6. The molecule has 24 heavy (non-hydrogen) atoms. The van der Waals surface area contributed by atoms with Crippen molar-refractivity contribution in [3.63, 3.8) is 0 Å². The fourth-order valence-electron chi connectivity index (χ4n) is 3.41. The van der Waals surface area contributed by atoms with Crippen LogP contribution in [0.1, 0.15) is 44.3 Å². The van der Waals surface area contributed by atoms with Crippen molar-refractivity contribution < 1.29 is 12.8 Å². The lowest BCUT2D eigenvalue weighted by atomic mass is 9.96. The van der Waals surface area contributed by atoms with Crippen LogP contribution >= 0.6 is 0 Å². The van der Waals surface area contributed by atoms with Crippen molar-refractivity contribution in [3.8, 4) is 0 Å². The summed E-state index contributed by atoms with van der Waals surface area (Å²) in [5.41, 5.74) is 0. The van der Waals surface area contributed by atoms with Gasteiger partial charge in [-0.25, -0.2) is 8.42 Å². The SMILES string of the molecule is O=S1(=O)CCC(NC(=NCCc2ccco2)NC2CCCCC2)C1. The summed E-state index contributed by atoms with van der Waals surface area (Å²) in [6.45, 7) is 0.620. The van der Waals surface area contributed by atoms with E-state index < -0.39 is 9.84 Å². The van der Waals surface area contributed by atoms with E-state index >= 15 is 0 Å². The van der Waals surface area contributed by atoms with Crippen LogP contribution in [0.4, 0.5) is 0 Å². The van der Waals surface area contributed by atoms with Crippen molar-refractivity contribution in [2.24, 2.45) is 4.99 Å². The first-order valence-electron chi connectivity index (χ1n) is 8.91. The van der Waals surface area contributed by atoms with E-state index in [1.54, 1.807) is 6.26 Å². The summed E-state index contributed by atoms with van der Waals surface area (Å²) in [5.74, 6) is 2.14. The molecular weight excluding hydrogens is 326 g/mol. The van der Waals surface area contributed by atoms with Crippen LogP contribution in [0, 0.1) is 0 Å². The topological polar surface area (TPSA) is 83.7 Å². The summed E-state index contributed by atoms with van der Waals surface area (Å²) < 4.78 is 28.7. The average molecular weight is 353 g/mol. The Labute approximate surface area is 144 Å². The molecule has 2 aliphatic rings. The van der Waals surface area contributed by atoms with Gasteiger partial charge in [0.2, 0.25) is 0 Å². The summed E-state index contributed by atoms with van der Waals surface area (Å²) in [5, 5.41) is 6.83. The summed E-state index contributed by atoms with van der Waals surface area (Å²) in [7, 11) is -2.89. The summed E-state index contributed by atoms with van der Waals surface area (Å²) in [4.78, 5) is 4.64. The van der Waals surface area contributed by atoms with Crippen LogP contribution in [-0.4, -0.2) is 44.5 Å². The maximum absolute atomic E-state index is 11.7. The molecule has 0 bridgehead atoms. The van der Waals surface area contributed by atoms with Gasteiger partial charge in [-0.3, -0.25) is 4.99 Å². The van der Waals surface area contributed by atoms with Gasteiger partial charge in [0.1, 0.15) is 5.76 Å². The molecular formula is C17H27N3O3S. The molecule has 1 aliphatic carbocycles. The molecule has 1 saturated heterocycles. The van der Waals surface area contributed by atoms with Crippen LogP contribution in [0.3, 0.4) is 0 Å². The van der Waals surface area contributed by atoms with E-state index in [4.69, 9.17) is 4.42 Å². The highest BCUT2D eigenvalue weighted by Gasteiger charge is 2.29. The van der Waals surface area contributed by atoms with E-state index in [0.29, 0.717) is 19.0 Å². The van der Waals surface area contributed by atoms with Crippen LogP contribution in [0.25, 0.3) is 0 Å². The molecule has 0 amide bonds. The van der Waals surface area contributed by atoms with Crippen LogP contribution in [0.5, 0.6) is 0 Å². The molecule has 2 N–H and O–H groups in total. The molecule has 2 heterocycles. The largest absolute Gasteiger partial charge is 0.469 e. The van der Waals surface area contributed by atoms with E-state index in [-0.39, 0.29) is 17.5 Å². The second-order valence-electron chi connectivity index (χ2n) is 6.78. The van der Waals surface area contributed by atoms with E-state index in [0.717, 1.165) is 31.0 Å². The van der Waals surface area contributed by atoms with Gasteiger partial charge in [0.25, 0.3) is 0 Å². The molecule has 1 aromatic heterocycles. The van der Waals surface area contributed by atoms with Crippen molar-refractivity contribution in [2.75, 3.05) is 18.1 Å². The van der Waals surface area contributed by atoms with Gasteiger partial charge in [0, 0.05) is 25.0 Å². The third kappa shape index (κ3) is 5.26. The zero-order valence-electron chi connectivity index (χ0n) is 14.0. The zero-order valence-corrected chi connectivity index (χ0v) is 14.9. The monoisotopic (exact) mass is 353 g/mol. The molecule has 0 radical (unpaired) electrons. The van der Waals surface area contributed by atoms with Crippen LogP contribution in [-0.2, 0) is 16.3 Å². The van der Waals surface area contributed by atoms with Gasteiger partial charge in [-0.1, -0.05) is 19.3 Å². The van der Waals surface area contributed by atoms with E-state index in [1.165, 1.54) is 19.3 Å². The number of hydrogen-bond acceptors (Lipinski definition) is 4. The second-order valence-corrected chi connectivity index (χ2v) is 9.01. The van der Waals surface area contributed by atoms with Gasteiger partial charge < -0.3 is 15.1 Å². The molecule has 1 aromatic rings. The van der Waals surface area contributed by atoms with Crippen LogP contribution in [0.2, 0.25) is 0 Å². The van der Waals surface area contributed by atoms with E-state index in [2.05, 4.69) is 15.6 Å². The maximum atomic E-state index is 11.7. The normalized spacial score (nSPS) is 24.8. The van der Waals surface area contributed by atoms with Gasteiger partial charge in [0.05, 0.1) is 17.8 Å². The first-order valence-corrected chi connectivity index (χ1v) is 10.7. The highest BCUT2D eigenvalue weighted by atomic mass is 32.2. The first kappa shape index (κ1) is 17.3. The number of aliphatic imine (C=N–C) groups is 1. The average Bonchev–Trinajstić information content (AvgIpc) is 3.18. The Bertz CT molecular complexity index is 634. The molecule has 1 saturated carbocycles. The Kier molecular flexibility index (Phi) is 5.81. The Morgan fingerprint density at radius 1 is 1.17 bits per heavy atom. The minimum atomic E-state index is -2.89. The highest BCUT2D eigenvalue weighted by Crippen LogP contribution is 2.17. The van der Waals surface area contributed by atoms with Gasteiger partial charge in [0.15, 0.2) is 15.8 Å². The Morgan fingerprint density at radius 2 is 1.96 bits per heavy atom. The highest BCUT2D eigenvalue weighted by molar-refractivity contribution is 7.91. The van der Waals surface area contributed by atoms with E-state index in [9.17, 15) is 8.42 Å². The molecule has 0 spiro atoms. The molecule has 2 fully saturated rings. The fraction of sp³-hybridized carbons (Fsp3) is 0.706. The van der Waals surface area contributed by atoms with Gasteiger partial charge >= 0.3 is 0 Å². The lowest BCUT2D eigenvalue weighted by molar-refractivity contribution is 0.408. The molecule has 0 aromatic carbocycles. The summed E-state index contributed by atoms with van der Waals surface area (Å²) in [6, 6.07) is 4.22. The third-order valence-corrected chi connectivity index (χ3v) is 6.50. The van der Waals surface area contributed by atoms with E-state index in [1.807, 2.05) is 12.1 Å². The lowest BCUT2D eigenvalue weighted by Crippen LogP contribution is -2.48. The van der Waals surface area contributed by atoms with Crippen molar-refractivity contribution in [1.29, 1.82) is 0 Å². The number of furan rings is 1. The van der Waals surface area contributed by atoms with Crippen LogP contribution < -0.4 is 10.6 Å². The van der Waals surface area contributed by atoms with Gasteiger partial charge in [-0.2, -0.15) is 0 Å². The van der Waals surface area contributed by atoms with Crippen molar-refractivity contribution >= 4 is 15.8 Å². The Balaban J connectivity index is 1.58. The molecule has 134 valence electrons. The van der Waals surface area contributed by atoms with Crippen molar-refractivity contribution in [1.82, 2.24) is 10.6 Å². The molecule has 1 aliphatic heterocycles. The number of hydrogen-bond donors (Lipinski definition) is 2. The molecule has 3 rings (SSSR count). The summed E-state index contributed by atoms with van der Waals surface area (Å²) in [6.07, 6.45) is 9.17. The lowest BCUT2D eigenvalue weighted by Gasteiger charge is -2.26. The van der Waals surface area contributed by atoms with Crippen molar-refractivity contribution in [2.45, 2.75) is 57.0 Å². The smallest absolute Gasteiger partial charge is 0.191 e. The number of rotatable bonds is 5. The molecule has 6 nitrogen and oxygen atoms in total. The van der Waals surface area contributed by atoms with Crippen LogP contribution in [0.15, 0.2) is 27.8 Å². The summed E-state index contributed by atoms with van der Waals surface area (Å²) >= 11 is 0. The number of guanidine groups is 1. The standard InChI is InChI=1S/C17H27N3O3S/c21-24(22)12-9-15(13-24)20-17(19-14-5-2-1-3-6-14)18-10-8-16-7-4-11-23-16/h4,7,11,14-15H,1-3,5-6,8-10,12-13H2,(H2,18,19,20). The number of sulfone groups is 1. The Hall–Kier alpha value is -1.50. The number of nitrogens with one attached hydrogen (secondary N) is 2. The molecule has 1 unspecified atom stereocenters. The van der Waals surface area contributed by atoms with Crippen molar-refractivity contribution in [3.05, 3.63) is 24.2 Å². The predicted molar refractivity (Wildman–Crippen MR) is 94.9 cm³/mol.